The maximum absolute atomic E-state index is 3.69. The van der Waals surface area contributed by atoms with Crippen LogP contribution in [0.3, 0.4) is 0 Å². The molecule has 0 heterocycles. The number of hydrogen-bond acceptors (Lipinski definition) is 0. The van der Waals surface area contributed by atoms with E-state index in [2.05, 4.69) is 76.9 Å². The largest absolute Gasteiger partial charge is 0.0928 e. The van der Waals surface area contributed by atoms with Gasteiger partial charge in [-0.05, 0) is 23.0 Å². The number of alkyl halides is 2. The maximum atomic E-state index is 3.69. The summed E-state index contributed by atoms with van der Waals surface area (Å²) in [6.07, 6.45) is 1.12. The number of hydrogen-bond donors (Lipinski definition) is 0. The third-order valence-electron chi connectivity index (χ3n) is 2.50. The molecule has 1 rings (SSSR count). The highest BCUT2D eigenvalue weighted by Crippen LogP contribution is 2.29. The van der Waals surface area contributed by atoms with Gasteiger partial charge in [0.2, 0.25) is 0 Å². The highest BCUT2D eigenvalue weighted by Gasteiger charge is 2.14. The summed E-state index contributed by atoms with van der Waals surface area (Å²) in [5.41, 5.74) is 3.00. The predicted octanol–water partition coefficient (Wildman–Crippen LogP) is 5.21. The van der Waals surface area contributed by atoms with Crippen molar-refractivity contribution < 1.29 is 0 Å². The van der Waals surface area contributed by atoms with Gasteiger partial charge >= 0.3 is 0 Å². The molecule has 0 spiro atoms. The summed E-state index contributed by atoms with van der Waals surface area (Å²) < 4.78 is 0. The molecular weight excluding hydrogens is 316 g/mol. The molecule has 0 aliphatic carbocycles. The Hall–Kier alpha value is 0.180. The second-order valence-corrected chi connectivity index (χ2v) is 6.72. The lowest BCUT2D eigenvalue weighted by molar-refractivity contribution is 0.590. The molecule has 0 nitrogen and oxygen atoms in total. The first-order chi connectivity index (χ1) is 6.95. The van der Waals surface area contributed by atoms with Gasteiger partial charge in [-0.15, -0.1) is 0 Å². The number of benzene rings is 1. The van der Waals surface area contributed by atoms with E-state index < -0.39 is 0 Å². The molecule has 84 valence electrons. The van der Waals surface area contributed by atoms with Crippen LogP contribution < -0.4 is 0 Å². The fourth-order valence-corrected chi connectivity index (χ4v) is 3.06. The average Bonchev–Trinajstić information content (AvgIpc) is 2.17. The molecule has 1 aromatic carbocycles. The van der Waals surface area contributed by atoms with Crippen molar-refractivity contribution in [2.75, 3.05) is 5.33 Å². The Morgan fingerprint density at radius 1 is 1.13 bits per heavy atom. The third kappa shape index (κ3) is 3.92. The summed E-state index contributed by atoms with van der Waals surface area (Å²) in [4.78, 5) is 0.464. The first-order valence-corrected chi connectivity index (χ1v) is 7.29. The molecule has 0 aliphatic heterocycles. The summed E-state index contributed by atoms with van der Waals surface area (Å²) in [5, 5.41) is 1.03. The molecule has 0 fully saturated rings. The quantitative estimate of drug-likeness (QED) is 0.666. The highest BCUT2D eigenvalue weighted by atomic mass is 79.9. The molecule has 0 saturated heterocycles. The van der Waals surface area contributed by atoms with Crippen molar-refractivity contribution in [1.82, 2.24) is 0 Å². The topological polar surface area (TPSA) is 0 Å². The van der Waals surface area contributed by atoms with Gasteiger partial charge in [-0.3, -0.25) is 0 Å². The lowest BCUT2D eigenvalue weighted by atomic mass is 9.86. The van der Waals surface area contributed by atoms with Gasteiger partial charge in [0.1, 0.15) is 0 Å². The van der Waals surface area contributed by atoms with Crippen LogP contribution in [0.25, 0.3) is 0 Å². The Balaban J connectivity index is 2.81. The van der Waals surface area contributed by atoms with E-state index in [4.69, 9.17) is 0 Å². The molecule has 1 aromatic rings. The lowest BCUT2D eigenvalue weighted by Crippen LogP contribution is -2.10. The molecule has 15 heavy (non-hydrogen) atoms. The molecule has 0 amide bonds. The summed E-state index contributed by atoms with van der Waals surface area (Å²) in [6.45, 7) is 6.73. The van der Waals surface area contributed by atoms with E-state index >= 15 is 0 Å². The zero-order valence-electron chi connectivity index (χ0n) is 9.56. The van der Waals surface area contributed by atoms with Crippen LogP contribution in [0.4, 0.5) is 0 Å². The fourth-order valence-electron chi connectivity index (χ4n) is 1.45. The lowest BCUT2D eigenvalue weighted by Gasteiger charge is -2.19. The minimum Gasteiger partial charge on any atom is -0.0928 e. The Morgan fingerprint density at radius 2 is 1.67 bits per heavy atom. The Bertz CT molecular complexity index is 295. The third-order valence-corrected chi connectivity index (χ3v) is 3.95. The van der Waals surface area contributed by atoms with E-state index in [1.165, 1.54) is 11.1 Å². The van der Waals surface area contributed by atoms with Crippen LogP contribution in [-0.2, 0) is 5.41 Å². The van der Waals surface area contributed by atoms with Crippen LogP contribution in [-0.4, -0.2) is 5.33 Å². The minimum absolute atomic E-state index is 0.246. The summed E-state index contributed by atoms with van der Waals surface area (Å²) in [7, 11) is 0. The van der Waals surface area contributed by atoms with Gasteiger partial charge < -0.3 is 0 Å². The second-order valence-electron chi connectivity index (χ2n) is 4.82. The minimum atomic E-state index is 0.246. The maximum Gasteiger partial charge on any atom is 0.0403 e. The summed E-state index contributed by atoms with van der Waals surface area (Å²) in [6, 6.07) is 8.92. The average molecular weight is 334 g/mol. The van der Waals surface area contributed by atoms with Gasteiger partial charge in [-0.25, -0.2) is 0 Å². The highest BCUT2D eigenvalue weighted by molar-refractivity contribution is 9.09. The zero-order valence-corrected chi connectivity index (χ0v) is 12.7. The molecular formula is C13H18Br2. The van der Waals surface area contributed by atoms with Gasteiger partial charge in [0, 0.05) is 10.2 Å². The first kappa shape index (κ1) is 13.2. The van der Waals surface area contributed by atoms with Crippen molar-refractivity contribution in [3.05, 3.63) is 35.4 Å². The van der Waals surface area contributed by atoms with Gasteiger partial charge in [-0.2, -0.15) is 0 Å². The number of halogens is 2. The molecule has 0 radical (unpaired) electrons. The Kier molecular flexibility index (Phi) is 4.85. The van der Waals surface area contributed by atoms with Crippen LogP contribution in [0.2, 0.25) is 0 Å². The molecule has 0 bridgehead atoms. The van der Waals surface area contributed by atoms with Crippen molar-refractivity contribution >= 4 is 31.9 Å². The van der Waals surface area contributed by atoms with Gasteiger partial charge in [0.05, 0.1) is 0 Å². The van der Waals surface area contributed by atoms with E-state index in [9.17, 15) is 0 Å². The van der Waals surface area contributed by atoms with Gasteiger partial charge in [0.15, 0.2) is 0 Å². The van der Waals surface area contributed by atoms with E-state index in [0.717, 1.165) is 11.8 Å². The first-order valence-electron chi connectivity index (χ1n) is 5.25. The predicted molar refractivity (Wildman–Crippen MR) is 75.2 cm³/mol. The van der Waals surface area contributed by atoms with Crippen LogP contribution in [0, 0.1) is 0 Å². The monoisotopic (exact) mass is 332 g/mol. The zero-order chi connectivity index (χ0) is 11.5. The van der Waals surface area contributed by atoms with Gasteiger partial charge in [0.25, 0.3) is 0 Å². The summed E-state index contributed by atoms with van der Waals surface area (Å²) in [5.74, 6) is 0. The van der Waals surface area contributed by atoms with E-state index in [-0.39, 0.29) is 5.41 Å². The van der Waals surface area contributed by atoms with Crippen molar-refractivity contribution in [2.24, 2.45) is 0 Å². The smallest absolute Gasteiger partial charge is 0.0403 e. The molecule has 0 N–H and O–H groups in total. The van der Waals surface area contributed by atoms with Crippen LogP contribution in [0.15, 0.2) is 24.3 Å². The normalized spacial score (nSPS) is 13.9. The van der Waals surface area contributed by atoms with E-state index in [1.807, 2.05) is 0 Å². The standard InChI is InChI=1S/C13H18Br2/c1-13(2,3)11-6-4-10(5-7-11)12(15)8-9-14/h4-7,12H,8-9H2,1-3H3. The SMILES string of the molecule is CC(C)(C)c1ccc(C(Br)CCBr)cc1. The Morgan fingerprint density at radius 3 is 2.07 bits per heavy atom. The van der Waals surface area contributed by atoms with Gasteiger partial charge in [-0.1, -0.05) is 76.9 Å². The van der Waals surface area contributed by atoms with Crippen molar-refractivity contribution in [3.8, 4) is 0 Å². The van der Waals surface area contributed by atoms with E-state index in [0.29, 0.717) is 4.83 Å². The molecule has 0 aromatic heterocycles. The Labute approximate surface area is 110 Å². The molecule has 1 unspecified atom stereocenters. The molecule has 2 heteroatoms. The van der Waals surface area contributed by atoms with Crippen molar-refractivity contribution in [3.63, 3.8) is 0 Å². The van der Waals surface area contributed by atoms with Crippen LogP contribution in [0.5, 0.6) is 0 Å². The summed E-state index contributed by atoms with van der Waals surface area (Å²) >= 11 is 7.15. The molecule has 1 atom stereocenters. The number of rotatable bonds is 3. The van der Waals surface area contributed by atoms with Crippen LogP contribution in [0.1, 0.15) is 43.1 Å². The molecule has 0 saturated carbocycles. The van der Waals surface area contributed by atoms with Crippen molar-refractivity contribution in [2.45, 2.75) is 37.4 Å². The van der Waals surface area contributed by atoms with E-state index in [1.54, 1.807) is 0 Å². The van der Waals surface area contributed by atoms with Crippen LogP contribution >= 0.6 is 31.9 Å². The molecule has 0 aliphatic rings. The second kappa shape index (κ2) is 5.49. The fraction of sp³-hybridized carbons (Fsp3) is 0.538. The van der Waals surface area contributed by atoms with Crippen molar-refractivity contribution in [1.29, 1.82) is 0 Å².